The highest BCUT2D eigenvalue weighted by Gasteiger charge is 2.47. The van der Waals surface area contributed by atoms with Crippen molar-refractivity contribution in [2.75, 3.05) is 14.2 Å². The van der Waals surface area contributed by atoms with Gasteiger partial charge in [0.1, 0.15) is 0 Å². The van der Waals surface area contributed by atoms with Crippen LogP contribution in [0.4, 0.5) is 0 Å². The van der Waals surface area contributed by atoms with E-state index in [0.717, 1.165) is 24.8 Å². The molecule has 1 aromatic carbocycles. The number of aliphatic hydroxyl groups is 1. The first-order chi connectivity index (χ1) is 11.4. The summed E-state index contributed by atoms with van der Waals surface area (Å²) in [7, 11) is 3.02. The van der Waals surface area contributed by atoms with E-state index in [1.165, 1.54) is 14.2 Å². The van der Waals surface area contributed by atoms with Crippen LogP contribution < -0.4 is 9.47 Å². The zero-order valence-electron chi connectivity index (χ0n) is 14.9. The maximum absolute atomic E-state index is 11.0. The third kappa shape index (κ3) is 3.07. The molecule has 5 atom stereocenters. The van der Waals surface area contributed by atoms with Crippen LogP contribution in [0.3, 0.4) is 0 Å². The topological polar surface area (TPSA) is 68.2 Å². The van der Waals surface area contributed by atoms with E-state index >= 15 is 0 Å². The van der Waals surface area contributed by atoms with E-state index < -0.39 is 5.60 Å². The lowest BCUT2D eigenvalue weighted by Crippen LogP contribution is -2.51. The zero-order valence-corrected chi connectivity index (χ0v) is 14.9. The molecule has 2 aliphatic rings. The Morgan fingerprint density at radius 3 is 2.38 bits per heavy atom. The Labute approximate surface area is 143 Å². The molecule has 1 saturated carbocycles. The summed E-state index contributed by atoms with van der Waals surface area (Å²) in [4.78, 5) is 0. The van der Waals surface area contributed by atoms with Gasteiger partial charge in [0.05, 0.1) is 32.0 Å². The van der Waals surface area contributed by atoms with Crippen molar-refractivity contribution in [3.63, 3.8) is 0 Å². The monoisotopic (exact) mass is 336 g/mol. The number of hydrogen-bond donors (Lipinski definition) is 2. The summed E-state index contributed by atoms with van der Waals surface area (Å²) in [5.74, 6) is 1.49. The minimum absolute atomic E-state index is 0.0181. The Hall–Kier alpha value is -1.46. The molecular weight excluding hydrogens is 308 g/mol. The first-order valence-electron chi connectivity index (χ1n) is 8.68. The van der Waals surface area contributed by atoms with Gasteiger partial charge in [0, 0.05) is 12.3 Å². The Bertz CT molecular complexity index is 572. The van der Waals surface area contributed by atoms with Crippen LogP contribution >= 0.6 is 0 Å². The predicted octanol–water partition coefficient (Wildman–Crippen LogP) is 3.43. The molecule has 24 heavy (non-hydrogen) atoms. The van der Waals surface area contributed by atoms with Gasteiger partial charge in [0.25, 0.3) is 0 Å². The smallest absolute Gasteiger partial charge is 0.200 e. The fraction of sp³-hybridized carbons (Fsp3) is 0.684. The number of fused-ring (bicyclic) bond motifs is 1. The van der Waals surface area contributed by atoms with Gasteiger partial charge in [0.2, 0.25) is 5.75 Å². The van der Waals surface area contributed by atoms with E-state index in [9.17, 15) is 10.2 Å². The van der Waals surface area contributed by atoms with Gasteiger partial charge >= 0.3 is 0 Å². The molecule has 0 bridgehead atoms. The summed E-state index contributed by atoms with van der Waals surface area (Å²) in [5.41, 5.74) is 0.102. The molecule has 3 rings (SSSR count). The largest absolute Gasteiger partial charge is 0.502 e. The molecule has 0 radical (unpaired) electrons. The highest BCUT2D eigenvalue weighted by molar-refractivity contribution is 5.53. The van der Waals surface area contributed by atoms with Crippen LogP contribution in [0, 0.1) is 11.8 Å². The number of phenolic OH excluding ortho intramolecular Hbond substituents is 1. The third-order valence-corrected chi connectivity index (χ3v) is 5.66. The van der Waals surface area contributed by atoms with Gasteiger partial charge in [-0.3, -0.25) is 0 Å². The van der Waals surface area contributed by atoms with Crippen molar-refractivity contribution in [1.82, 2.24) is 0 Å². The molecule has 2 N–H and O–H groups in total. The zero-order chi connectivity index (χ0) is 17.5. The SMILES string of the molecule is COc1cc([C@H]2CC(C)(O)[C@@H]3CC[C@@H](C)C[C@H]3O2)cc(OC)c1O. The highest BCUT2D eigenvalue weighted by Crippen LogP contribution is 2.49. The quantitative estimate of drug-likeness (QED) is 0.885. The summed E-state index contributed by atoms with van der Waals surface area (Å²) in [6.45, 7) is 4.16. The molecular formula is C19H28O5. The molecule has 1 aliphatic heterocycles. The van der Waals surface area contributed by atoms with Crippen molar-refractivity contribution in [1.29, 1.82) is 0 Å². The first kappa shape index (κ1) is 17.4. The third-order valence-electron chi connectivity index (χ3n) is 5.66. The van der Waals surface area contributed by atoms with Crippen molar-refractivity contribution in [3.8, 4) is 17.2 Å². The summed E-state index contributed by atoms with van der Waals surface area (Å²) >= 11 is 0. The van der Waals surface area contributed by atoms with Crippen LogP contribution in [0.15, 0.2) is 12.1 Å². The van der Waals surface area contributed by atoms with Gasteiger partial charge in [-0.15, -0.1) is 0 Å². The number of phenols is 1. The van der Waals surface area contributed by atoms with E-state index in [1.807, 2.05) is 6.92 Å². The second-order valence-electron chi connectivity index (χ2n) is 7.52. The second kappa shape index (κ2) is 6.45. The summed E-state index contributed by atoms with van der Waals surface area (Å²) in [6, 6.07) is 3.54. The predicted molar refractivity (Wildman–Crippen MR) is 90.6 cm³/mol. The van der Waals surface area contributed by atoms with Crippen LogP contribution in [0.5, 0.6) is 17.2 Å². The molecule has 0 amide bonds. The van der Waals surface area contributed by atoms with E-state index in [0.29, 0.717) is 23.8 Å². The summed E-state index contributed by atoms with van der Waals surface area (Å²) in [6.07, 6.45) is 3.48. The van der Waals surface area contributed by atoms with E-state index in [1.54, 1.807) is 12.1 Å². The van der Waals surface area contributed by atoms with Crippen LogP contribution in [-0.2, 0) is 4.74 Å². The average Bonchev–Trinajstić information content (AvgIpc) is 2.53. The van der Waals surface area contributed by atoms with Gasteiger partial charge in [0.15, 0.2) is 11.5 Å². The average molecular weight is 336 g/mol. The minimum atomic E-state index is -0.758. The number of ether oxygens (including phenoxy) is 3. The Morgan fingerprint density at radius 1 is 1.17 bits per heavy atom. The minimum Gasteiger partial charge on any atom is -0.502 e. The van der Waals surface area contributed by atoms with Crippen molar-refractivity contribution in [2.45, 2.75) is 57.3 Å². The standard InChI is InChI=1S/C19H28O5/c1-11-5-6-13-14(7-11)24-17(10-19(13,2)21)12-8-15(22-3)18(20)16(9-12)23-4/h8-9,11,13-14,17,20-21H,5-7,10H2,1-4H3/t11-,13-,14-,17-,19?/m1/s1. The molecule has 5 nitrogen and oxygen atoms in total. The van der Waals surface area contributed by atoms with Gasteiger partial charge in [-0.1, -0.05) is 13.3 Å². The van der Waals surface area contributed by atoms with Gasteiger partial charge in [-0.05, 0) is 43.4 Å². The molecule has 0 aromatic heterocycles. The Morgan fingerprint density at radius 2 is 1.79 bits per heavy atom. The van der Waals surface area contributed by atoms with Crippen LogP contribution in [0.1, 0.15) is 51.2 Å². The number of benzene rings is 1. The van der Waals surface area contributed by atoms with Crippen molar-refractivity contribution < 1.29 is 24.4 Å². The number of rotatable bonds is 3. The molecule has 1 aliphatic carbocycles. The molecule has 134 valence electrons. The fourth-order valence-corrected chi connectivity index (χ4v) is 4.27. The van der Waals surface area contributed by atoms with Crippen LogP contribution in [-0.4, -0.2) is 36.1 Å². The summed E-state index contributed by atoms with van der Waals surface area (Å²) in [5, 5.41) is 21.1. The maximum atomic E-state index is 11.0. The highest BCUT2D eigenvalue weighted by atomic mass is 16.5. The van der Waals surface area contributed by atoms with E-state index in [4.69, 9.17) is 14.2 Å². The molecule has 0 spiro atoms. The Kier molecular flexibility index (Phi) is 4.67. The van der Waals surface area contributed by atoms with Crippen molar-refractivity contribution >= 4 is 0 Å². The molecule has 1 saturated heterocycles. The fourth-order valence-electron chi connectivity index (χ4n) is 4.27. The lowest BCUT2D eigenvalue weighted by atomic mass is 9.68. The normalized spacial score (nSPS) is 36.0. The Balaban J connectivity index is 1.92. The number of methoxy groups -OCH3 is 2. The van der Waals surface area contributed by atoms with Gasteiger partial charge in [-0.2, -0.15) is 0 Å². The van der Waals surface area contributed by atoms with Gasteiger partial charge in [-0.25, -0.2) is 0 Å². The van der Waals surface area contributed by atoms with Crippen molar-refractivity contribution in [3.05, 3.63) is 17.7 Å². The molecule has 1 heterocycles. The lowest BCUT2D eigenvalue weighted by Gasteiger charge is -2.49. The molecule has 5 heteroatoms. The van der Waals surface area contributed by atoms with E-state index in [2.05, 4.69) is 6.92 Å². The van der Waals surface area contributed by atoms with E-state index in [-0.39, 0.29) is 23.9 Å². The van der Waals surface area contributed by atoms with Crippen LogP contribution in [0.25, 0.3) is 0 Å². The number of hydrogen-bond acceptors (Lipinski definition) is 5. The molecule has 1 aromatic rings. The van der Waals surface area contributed by atoms with Gasteiger partial charge < -0.3 is 24.4 Å². The number of aromatic hydroxyl groups is 1. The summed E-state index contributed by atoms with van der Waals surface area (Å²) < 4.78 is 16.9. The second-order valence-corrected chi connectivity index (χ2v) is 7.52. The molecule has 1 unspecified atom stereocenters. The molecule has 2 fully saturated rings. The lowest BCUT2D eigenvalue weighted by molar-refractivity contribution is -0.197. The van der Waals surface area contributed by atoms with Crippen molar-refractivity contribution in [2.24, 2.45) is 11.8 Å². The maximum Gasteiger partial charge on any atom is 0.200 e. The first-order valence-corrected chi connectivity index (χ1v) is 8.68. The van der Waals surface area contributed by atoms with Crippen LogP contribution in [0.2, 0.25) is 0 Å².